The van der Waals surface area contributed by atoms with Crippen LogP contribution in [0.5, 0.6) is 0 Å². The van der Waals surface area contributed by atoms with Crippen molar-refractivity contribution in [3.63, 3.8) is 0 Å². The summed E-state index contributed by atoms with van der Waals surface area (Å²) in [5, 5.41) is 3.27. The van der Waals surface area contributed by atoms with Crippen LogP contribution in [0.3, 0.4) is 0 Å². The smallest absolute Gasteiger partial charge is 0.144 e. The van der Waals surface area contributed by atoms with Gasteiger partial charge in [-0.05, 0) is 26.7 Å². The van der Waals surface area contributed by atoms with E-state index in [0.29, 0.717) is 6.04 Å². The molecule has 1 rings (SSSR count). The Kier molecular flexibility index (Phi) is 8.23. The lowest BCUT2D eigenvalue weighted by atomic mass is 10.1. The fourth-order valence-corrected chi connectivity index (χ4v) is 2.56. The van der Waals surface area contributed by atoms with Crippen molar-refractivity contribution in [1.82, 2.24) is 14.9 Å². The van der Waals surface area contributed by atoms with E-state index in [1.165, 1.54) is 0 Å². The Balaban J connectivity index is 2.85. The predicted molar refractivity (Wildman–Crippen MR) is 87.6 cm³/mol. The van der Waals surface area contributed by atoms with E-state index in [1.54, 1.807) is 7.11 Å². The first-order valence-corrected chi connectivity index (χ1v) is 7.95. The largest absolute Gasteiger partial charge is 0.383 e. The quantitative estimate of drug-likeness (QED) is 0.719. The molecular formula is C16H30N4O. The fraction of sp³-hybridized carbons (Fsp3) is 0.750. The fourth-order valence-electron chi connectivity index (χ4n) is 2.56. The van der Waals surface area contributed by atoms with Gasteiger partial charge in [-0.2, -0.15) is 0 Å². The highest BCUT2D eigenvalue weighted by atomic mass is 16.5. The van der Waals surface area contributed by atoms with Crippen LogP contribution in [0.4, 0.5) is 5.82 Å². The van der Waals surface area contributed by atoms with E-state index in [4.69, 9.17) is 4.74 Å². The molecule has 1 aromatic heterocycles. The van der Waals surface area contributed by atoms with E-state index in [0.717, 1.165) is 56.4 Å². The number of hydrogen-bond acceptors (Lipinski definition) is 5. The van der Waals surface area contributed by atoms with Crippen LogP contribution in [0, 0.1) is 6.92 Å². The summed E-state index contributed by atoms with van der Waals surface area (Å²) in [6.45, 7) is 11.9. The second-order valence-electron chi connectivity index (χ2n) is 5.27. The van der Waals surface area contributed by atoms with Crippen LogP contribution in [0.25, 0.3) is 0 Å². The van der Waals surface area contributed by atoms with Crippen LogP contribution in [-0.2, 0) is 11.3 Å². The Morgan fingerprint density at radius 1 is 1.24 bits per heavy atom. The summed E-state index contributed by atoms with van der Waals surface area (Å²) in [5.74, 6) is 1.80. The van der Waals surface area contributed by atoms with Gasteiger partial charge < -0.3 is 10.1 Å². The molecule has 0 atom stereocenters. The number of nitrogens with one attached hydrogen (secondary N) is 1. The maximum Gasteiger partial charge on any atom is 0.144 e. The number of methoxy groups -OCH3 is 1. The Morgan fingerprint density at radius 3 is 2.52 bits per heavy atom. The van der Waals surface area contributed by atoms with E-state index in [1.807, 2.05) is 13.0 Å². The molecule has 0 aliphatic heterocycles. The molecule has 21 heavy (non-hydrogen) atoms. The molecule has 0 aliphatic carbocycles. The minimum absolute atomic E-state index is 0.548. The highest BCUT2D eigenvalue weighted by Crippen LogP contribution is 2.13. The van der Waals surface area contributed by atoms with Crippen LogP contribution >= 0.6 is 0 Å². The summed E-state index contributed by atoms with van der Waals surface area (Å²) in [6, 6.07) is 2.54. The van der Waals surface area contributed by atoms with Crippen LogP contribution in [-0.4, -0.2) is 47.7 Å². The molecule has 0 aromatic carbocycles. The van der Waals surface area contributed by atoms with Crippen LogP contribution < -0.4 is 5.32 Å². The van der Waals surface area contributed by atoms with Crippen molar-refractivity contribution in [2.45, 2.75) is 53.1 Å². The maximum absolute atomic E-state index is 5.24. The third-order valence-corrected chi connectivity index (χ3v) is 3.64. The van der Waals surface area contributed by atoms with Gasteiger partial charge in [-0.3, -0.25) is 4.90 Å². The molecule has 0 saturated carbocycles. The van der Waals surface area contributed by atoms with E-state index in [-0.39, 0.29) is 0 Å². The molecule has 0 fully saturated rings. The zero-order valence-corrected chi connectivity index (χ0v) is 14.1. The van der Waals surface area contributed by atoms with E-state index in [9.17, 15) is 0 Å². The van der Waals surface area contributed by atoms with Gasteiger partial charge in [0, 0.05) is 38.0 Å². The molecule has 0 amide bonds. The van der Waals surface area contributed by atoms with Gasteiger partial charge in [0.2, 0.25) is 0 Å². The van der Waals surface area contributed by atoms with Crippen LogP contribution in [0.2, 0.25) is 0 Å². The molecule has 1 aromatic rings. The Hall–Kier alpha value is -1.20. The van der Waals surface area contributed by atoms with Crippen LogP contribution in [0.15, 0.2) is 6.07 Å². The van der Waals surface area contributed by atoms with Gasteiger partial charge in [0.25, 0.3) is 0 Å². The van der Waals surface area contributed by atoms with Crippen molar-refractivity contribution < 1.29 is 4.74 Å². The molecule has 1 N–H and O–H groups in total. The molecule has 0 spiro atoms. The van der Waals surface area contributed by atoms with Gasteiger partial charge in [-0.25, -0.2) is 9.97 Å². The van der Waals surface area contributed by atoms with Gasteiger partial charge in [-0.15, -0.1) is 0 Å². The number of aromatic nitrogens is 2. The lowest BCUT2D eigenvalue weighted by Gasteiger charge is -2.29. The lowest BCUT2D eigenvalue weighted by molar-refractivity contribution is 0.108. The molecule has 1 heterocycles. The average Bonchev–Trinajstić information content (AvgIpc) is 2.45. The van der Waals surface area contributed by atoms with Crippen molar-refractivity contribution in [3.8, 4) is 0 Å². The Bertz CT molecular complexity index is 407. The highest BCUT2D eigenvalue weighted by Gasteiger charge is 2.17. The molecule has 120 valence electrons. The molecule has 5 heteroatoms. The Morgan fingerprint density at radius 2 is 1.95 bits per heavy atom. The first kappa shape index (κ1) is 17.9. The second kappa shape index (κ2) is 9.68. The van der Waals surface area contributed by atoms with Crippen molar-refractivity contribution in [2.75, 3.05) is 32.1 Å². The molecule has 0 unspecified atom stereocenters. The third kappa shape index (κ3) is 5.98. The SMILES string of the molecule is CCNc1cc(C)nc(CN(CCOC)C(CC)CC)n1. The number of hydrogen-bond donors (Lipinski definition) is 1. The van der Waals surface area contributed by atoms with Gasteiger partial charge >= 0.3 is 0 Å². The zero-order valence-electron chi connectivity index (χ0n) is 14.1. The standard InChI is InChI=1S/C16H30N4O/c1-6-14(7-2)20(9-10-21-5)12-16-18-13(4)11-15(19-16)17-8-3/h11,14H,6-10,12H2,1-5H3,(H,17,18,19). The second-order valence-corrected chi connectivity index (χ2v) is 5.27. The number of rotatable bonds is 10. The topological polar surface area (TPSA) is 50.3 Å². The maximum atomic E-state index is 5.24. The molecule has 5 nitrogen and oxygen atoms in total. The molecule has 0 saturated heterocycles. The van der Waals surface area contributed by atoms with E-state index < -0.39 is 0 Å². The van der Waals surface area contributed by atoms with E-state index >= 15 is 0 Å². The predicted octanol–water partition coefficient (Wildman–Crippen LogP) is 2.85. The summed E-state index contributed by atoms with van der Waals surface area (Å²) in [6.07, 6.45) is 2.26. The summed E-state index contributed by atoms with van der Waals surface area (Å²) in [5.41, 5.74) is 1.01. The van der Waals surface area contributed by atoms with Gasteiger partial charge in [0.05, 0.1) is 13.2 Å². The molecule has 0 bridgehead atoms. The number of aryl methyl sites for hydroxylation is 1. The van der Waals surface area contributed by atoms with Gasteiger partial charge in [0.15, 0.2) is 0 Å². The minimum Gasteiger partial charge on any atom is -0.383 e. The molecular weight excluding hydrogens is 264 g/mol. The average molecular weight is 294 g/mol. The van der Waals surface area contributed by atoms with Crippen LogP contribution in [0.1, 0.15) is 45.1 Å². The monoisotopic (exact) mass is 294 g/mol. The first-order valence-electron chi connectivity index (χ1n) is 7.95. The molecule has 0 radical (unpaired) electrons. The van der Waals surface area contributed by atoms with Crippen molar-refractivity contribution in [1.29, 1.82) is 0 Å². The van der Waals surface area contributed by atoms with Gasteiger partial charge in [0.1, 0.15) is 11.6 Å². The van der Waals surface area contributed by atoms with Crippen molar-refractivity contribution in [3.05, 3.63) is 17.6 Å². The highest BCUT2D eigenvalue weighted by molar-refractivity contribution is 5.35. The first-order chi connectivity index (χ1) is 10.1. The number of nitrogens with zero attached hydrogens (tertiary/aromatic N) is 3. The van der Waals surface area contributed by atoms with Crippen molar-refractivity contribution in [2.24, 2.45) is 0 Å². The number of ether oxygens (including phenoxy) is 1. The van der Waals surface area contributed by atoms with Crippen molar-refractivity contribution >= 4 is 5.82 Å². The number of anilines is 1. The summed E-state index contributed by atoms with van der Waals surface area (Å²) >= 11 is 0. The summed E-state index contributed by atoms with van der Waals surface area (Å²) < 4.78 is 5.24. The zero-order chi connectivity index (χ0) is 15.7. The summed E-state index contributed by atoms with van der Waals surface area (Å²) in [4.78, 5) is 11.6. The van der Waals surface area contributed by atoms with Gasteiger partial charge in [-0.1, -0.05) is 13.8 Å². The normalized spacial score (nSPS) is 11.4. The Labute approximate surface area is 129 Å². The third-order valence-electron chi connectivity index (χ3n) is 3.64. The minimum atomic E-state index is 0.548. The van der Waals surface area contributed by atoms with E-state index in [2.05, 4.69) is 41.0 Å². The lowest BCUT2D eigenvalue weighted by Crippen LogP contribution is -2.37. The molecule has 0 aliphatic rings. The summed E-state index contributed by atoms with van der Waals surface area (Å²) in [7, 11) is 1.75.